The number of ether oxygens (including phenoxy) is 2. The molecule has 0 unspecified atom stereocenters. The van der Waals surface area contributed by atoms with Gasteiger partial charge in [0.25, 0.3) is 0 Å². The molecule has 1 aliphatic rings. The number of halogens is 3. The molecule has 29 heavy (non-hydrogen) atoms. The van der Waals surface area contributed by atoms with Gasteiger partial charge in [-0.15, -0.1) is 0 Å². The fraction of sp³-hybridized carbons (Fsp3) is 0.333. The van der Waals surface area contributed by atoms with E-state index in [0.29, 0.717) is 17.0 Å². The summed E-state index contributed by atoms with van der Waals surface area (Å²) in [6.45, 7) is 3.65. The molecule has 0 saturated heterocycles. The van der Waals surface area contributed by atoms with E-state index in [1.165, 1.54) is 7.11 Å². The molecule has 0 spiro atoms. The first-order chi connectivity index (χ1) is 13.7. The molecule has 0 aromatic heterocycles. The quantitative estimate of drug-likeness (QED) is 0.737. The van der Waals surface area contributed by atoms with E-state index in [4.69, 9.17) is 9.47 Å². The van der Waals surface area contributed by atoms with E-state index >= 15 is 0 Å². The van der Waals surface area contributed by atoms with Crippen molar-refractivity contribution < 1.29 is 27.4 Å². The topological polar surface area (TPSA) is 59.9 Å². The molecule has 1 heterocycles. The molecule has 0 bridgehead atoms. The third-order valence-electron chi connectivity index (χ3n) is 5.01. The molecular formula is C21H21F3N2O3. The lowest BCUT2D eigenvalue weighted by Crippen LogP contribution is -2.41. The standard InChI is InChI=1S/C21H21F3N2O3/c1-11-9-15-16(10-12(11)2)26-19(21(22,23)24)17(20(27)29-4)18(25-15)13-5-7-14(28-3)8-6-13/h5-10,17-18,25H,1-4H3/t17-,18+/m0/s1. The molecule has 8 heteroatoms. The highest BCUT2D eigenvalue weighted by Crippen LogP contribution is 2.42. The smallest absolute Gasteiger partial charge is 0.430 e. The third-order valence-corrected chi connectivity index (χ3v) is 5.01. The van der Waals surface area contributed by atoms with Crippen LogP contribution >= 0.6 is 0 Å². The molecule has 3 rings (SSSR count). The molecule has 2 atom stereocenters. The Kier molecular flexibility index (Phi) is 5.55. The largest absolute Gasteiger partial charge is 0.497 e. The number of benzene rings is 2. The van der Waals surface area contributed by atoms with Crippen molar-refractivity contribution in [2.45, 2.75) is 26.1 Å². The monoisotopic (exact) mass is 406 g/mol. The fourth-order valence-corrected chi connectivity index (χ4v) is 3.32. The van der Waals surface area contributed by atoms with E-state index < -0.39 is 29.8 Å². The van der Waals surface area contributed by atoms with Crippen molar-refractivity contribution in [1.82, 2.24) is 0 Å². The van der Waals surface area contributed by atoms with Gasteiger partial charge in [-0.05, 0) is 54.8 Å². The van der Waals surface area contributed by atoms with Gasteiger partial charge in [-0.3, -0.25) is 4.79 Å². The molecular weight excluding hydrogens is 385 g/mol. The summed E-state index contributed by atoms with van der Waals surface area (Å²) in [4.78, 5) is 16.4. The van der Waals surface area contributed by atoms with E-state index in [-0.39, 0.29) is 5.69 Å². The highest BCUT2D eigenvalue weighted by Gasteiger charge is 2.49. The summed E-state index contributed by atoms with van der Waals surface area (Å²) in [5.41, 5.74) is 1.52. The second-order valence-corrected chi connectivity index (χ2v) is 6.84. The van der Waals surface area contributed by atoms with Gasteiger partial charge in [-0.2, -0.15) is 13.2 Å². The van der Waals surface area contributed by atoms with Crippen LogP contribution in [-0.4, -0.2) is 32.1 Å². The molecule has 0 radical (unpaired) electrons. The lowest BCUT2D eigenvalue weighted by atomic mass is 9.88. The first-order valence-electron chi connectivity index (χ1n) is 8.91. The van der Waals surface area contributed by atoms with Gasteiger partial charge in [0.2, 0.25) is 0 Å². The van der Waals surface area contributed by atoms with Crippen LogP contribution in [-0.2, 0) is 9.53 Å². The van der Waals surface area contributed by atoms with Crippen molar-refractivity contribution in [3.05, 3.63) is 53.1 Å². The lowest BCUT2D eigenvalue weighted by molar-refractivity contribution is -0.145. The van der Waals surface area contributed by atoms with Gasteiger partial charge in [0.15, 0.2) is 0 Å². The van der Waals surface area contributed by atoms with Crippen molar-refractivity contribution in [2.75, 3.05) is 19.5 Å². The maximum atomic E-state index is 14.0. The Labute approximate surface area is 166 Å². The number of aryl methyl sites for hydroxylation is 2. The zero-order valence-electron chi connectivity index (χ0n) is 16.4. The van der Waals surface area contributed by atoms with Crippen LogP contribution in [0.15, 0.2) is 41.4 Å². The van der Waals surface area contributed by atoms with Crippen LogP contribution in [0, 0.1) is 19.8 Å². The van der Waals surface area contributed by atoms with Crippen molar-refractivity contribution in [1.29, 1.82) is 0 Å². The molecule has 0 saturated carbocycles. The Morgan fingerprint density at radius 1 is 1.07 bits per heavy atom. The van der Waals surface area contributed by atoms with Crippen LogP contribution in [0.2, 0.25) is 0 Å². The first kappa shape index (κ1) is 20.7. The number of fused-ring (bicyclic) bond motifs is 1. The van der Waals surface area contributed by atoms with E-state index in [2.05, 4.69) is 10.3 Å². The van der Waals surface area contributed by atoms with Crippen molar-refractivity contribution in [3.63, 3.8) is 0 Å². The molecule has 1 aliphatic heterocycles. The molecule has 0 fully saturated rings. The number of anilines is 1. The maximum absolute atomic E-state index is 14.0. The molecule has 5 nitrogen and oxygen atoms in total. The van der Waals surface area contributed by atoms with Crippen LogP contribution in [0.5, 0.6) is 5.75 Å². The van der Waals surface area contributed by atoms with Gasteiger partial charge >= 0.3 is 12.1 Å². The number of nitrogens with zero attached hydrogens (tertiary/aromatic N) is 1. The number of carbonyl (C=O) groups is 1. The Balaban J connectivity index is 2.24. The Morgan fingerprint density at radius 2 is 1.69 bits per heavy atom. The number of hydrogen-bond acceptors (Lipinski definition) is 5. The normalized spacial score (nSPS) is 18.8. The highest BCUT2D eigenvalue weighted by molar-refractivity contribution is 6.08. The minimum absolute atomic E-state index is 0.130. The number of carbonyl (C=O) groups excluding carboxylic acids is 1. The van der Waals surface area contributed by atoms with E-state index in [9.17, 15) is 18.0 Å². The van der Waals surface area contributed by atoms with Crippen LogP contribution < -0.4 is 10.1 Å². The molecule has 2 aromatic rings. The summed E-state index contributed by atoms with van der Waals surface area (Å²) in [7, 11) is 2.56. The van der Waals surface area contributed by atoms with Crippen LogP contribution in [0.1, 0.15) is 22.7 Å². The van der Waals surface area contributed by atoms with Gasteiger partial charge in [0.1, 0.15) is 17.4 Å². The minimum Gasteiger partial charge on any atom is -0.497 e. The molecule has 154 valence electrons. The van der Waals surface area contributed by atoms with Gasteiger partial charge in [-0.1, -0.05) is 12.1 Å². The van der Waals surface area contributed by atoms with Gasteiger partial charge in [-0.25, -0.2) is 4.99 Å². The molecule has 0 aliphatic carbocycles. The highest BCUT2D eigenvalue weighted by atomic mass is 19.4. The minimum atomic E-state index is -4.81. The molecule has 2 aromatic carbocycles. The SMILES string of the molecule is COC(=O)[C@@H]1C(C(F)(F)F)=Nc2cc(C)c(C)cc2N[C@@H]1c1ccc(OC)cc1. The number of alkyl halides is 3. The number of aliphatic imine (C=N–C) groups is 1. The zero-order chi connectivity index (χ0) is 21.3. The Hall–Kier alpha value is -3.03. The maximum Gasteiger partial charge on any atom is 0.430 e. The first-order valence-corrected chi connectivity index (χ1v) is 8.91. The van der Waals surface area contributed by atoms with Crippen LogP contribution in [0.4, 0.5) is 24.5 Å². The average Bonchev–Trinajstić information content (AvgIpc) is 2.85. The van der Waals surface area contributed by atoms with E-state index in [1.807, 2.05) is 6.92 Å². The number of methoxy groups -OCH3 is 2. The molecule has 1 N–H and O–H groups in total. The van der Waals surface area contributed by atoms with Crippen LogP contribution in [0.3, 0.4) is 0 Å². The number of nitrogens with one attached hydrogen (secondary N) is 1. The number of hydrogen-bond donors (Lipinski definition) is 1. The summed E-state index contributed by atoms with van der Waals surface area (Å²) in [6.07, 6.45) is -4.81. The zero-order valence-corrected chi connectivity index (χ0v) is 16.4. The second-order valence-electron chi connectivity index (χ2n) is 6.84. The van der Waals surface area contributed by atoms with Crippen molar-refractivity contribution >= 4 is 23.1 Å². The summed E-state index contributed by atoms with van der Waals surface area (Å²) in [6, 6.07) is 8.77. The summed E-state index contributed by atoms with van der Waals surface area (Å²) in [5.74, 6) is -2.15. The van der Waals surface area contributed by atoms with E-state index in [1.54, 1.807) is 43.3 Å². The van der Waals surface area contributed by atoms with Crippen molar-refractivity contribution in [3.8, 4) is 5.75 Å². The number of esters is 1. The summed E-state index contributed by atoms with van der Waals surface area (Å²) < 4.78 is 51.7. The van der Waals surface area contributed by atoms with Gasteiger partial charge in [0.05, 0.1) is 31.6 Å². The Bertz CT molecular complexity index is 953. The second kappa shape index (κ2) is 7.77. The van der Waals surface area contributed by atoms with Gasteiger partial charge in [0, 0.05) is 0 Å². The Morgan fingerprint density at radius 3 is 2.24 bits per heavy atom. The summed E-state index contributed by atoms with van der Waals surface area (Å²) in [5, 5.41) is 3.09. The van der Waals surface area contributed by atoms with Gasteiger partial charge < -0.3 is 14.8 Å². The summed E-state index contributed by atoms with van der Waals surface area (Å²) >= 11 is 0. The van der Waals surface area contributed by atoms with Crippen LogP contribution in [0.25, 0.3) is 0 Å². The number of rotatable bonds is 3. The third kappa shape index (κ3) is 4.06. The van der Waals surface area contributed by atoms with Crippen molar-refractivity contribution in [2.24, 2.45) is 10.9 Å². The lowest BCUT2D eigenvalue weighted by Gasteiger charge is -2.27. The molecule has 0 amide bonds. The predicted molar refractivity (Wildman–Crippen MR) is 104 cm³/mol. The van der Waals surface area contributed by atoms with E-state index in [0.717, 1.165) is 18.2 Å². The average molecular weight is 406 g/mol. The fourth-order valence-electron chi connectivity index (χ4n) is 3.32. The predicted octanol–water partition coefficient (Wildman–Crippen LogP) is 4.90.